The number of carbonyl (C=O) groups excluding carboxylic acids is 1. The number of aryl methyl sites for hydroxylation is 1. The van der Waals surface area contributed by atoms with Crippen molar-refractivity contribution in [2.24, 2.45) is 5.10 Å². The van der Waals surface area contributed by atoms with Gasteiger partial charge in [0.05, 0.1) is 12.0 Å². The lowest BCUT2D eigenvalue weighted by atomic mass is 9.95. The van der Waals surface area contributed by atoms with Crippen molar-refractivity contribution in [3.8, 4) is 17.1 Å². The summed E-state index contributed by atoms with van der Waals surface area (Å²) in [6.45, 7) is 2.59. The normalized spacial score (nSPS) is 14.0. The molecule has 1 heterocycles. The average Bonchev–Trinajstić information content (AvgIpc) is 3.41. The summed E-state index contributed by atoms with van der Waals surface area (Å²) in [5.74, 6) is 1.68. The standard InChI is InChI=1S/C31H33N5O2S/c1-23-12-16-26(17-13-23)30-34-35-31(36(30)27-10-6-3-7-11-27)39-22-29(37)33-32-20-24-14-18-28(19-15-24)38-21-25-8-4-2-5-9-25/h2,4-5,8-9,12-20,27H,3,6-7,10-11,21-22H2,1H3,(H,33,37)/b32-20-. The molecule has 4 aromatic rings. The minimum atomic E-state index is -0.186. The number of hydrogen-bond acceptors (Lipinski definition) is 6. The van der Waals surface area contributed by atoms with Crippen LogP contribution in [0.25, 0.3) is 11.4 Å². The molecule has 1 aliphatic rings. The first-order chi connectivity index (χ1) is 19.2. The second kappa shape index (κ2) is 13.2. The van der Waals surface area contributed by atoms with Gasteiger partial charge in [0.15, 0.2) is 11.0 Å². The smallest absolute Gasteiger partial charge is 0.250 e. The van der Waals surface area contributed by atoms with Crippen LogP contribution in [0.4, 0.5) is 0 Å². The first-order valence-electron chi connectivity index (χ1n) is 13.4. The van der Waals surface area contributed by atoms with Crippen molar-refractivity contribution in [2.45, 2.75) is 56.8 Å². The molecule has 0 saturated heterocycles. The monoisotopic (exact) mass is 539 g/mol. The first kappa shape index (κ1) is 26.7. The number of nitrogens with one attached hydrogen (secondary N) is 1. The molecular weight excluding hydrogens is 506 g/mol. The Labute approximate surface area is 233 Å². The summed E-state index contributed by atoms with van der Waals surface area (Å²) in [7, 11) is 0. The fraction of sp³-hybridized carbons (Fsp3) is 0.290. The molecule has 0 unspecified atom stereocenters. The number of hydrazone groups is 1. The minimum absolute atomic E-state index is 0.186. The Morgan fingerprint density at radius 1 is 1.00 bits per heavy atom. The van der Waals surface area contributed by atoms with Crippen molar-refractivity contribution in [1.29, 1.82) is 0 Å². The summed E-state index contributed by atoms with van der Waals surface area (Å²) < 4.78 is 8.06. The van der Waals surface area contributed by atoms with Crippen molar-refractivity contribution in [2.75, 3.05) is 5.75 Å². The van der Waals surface area contributed by atoms with Crippen LogP contribution in [0.5, 0.6) is 5.75 Å². The van der Waals surface area contributed by atoms with Crippen molar-refractivity contribution in [3.05, 3.63) is 95.6 Å². The Kier molecular flexibility index (Phi) is 9.06. The van der Waals surface area contributed by atoms with Crippen LogP contribution in [-0.4, -0.2) is 32.6 Å². The fourth-order valence-electron chi connectivity index (χ4n) is 4.68. The Hall–Kier alpha value is -3.91. The molecule has 3 aromatic carbocycles. The van der Waals surface area contributed by atoms with E-state index in [0.29, 0.717) is 12.6 Å². The molecule has 0 spiro atoms. The van der Waals surface area contributed by atoms with E-state index in [1.165, 1.54) is 36.6 Å². The van der Waals surface area contributed by atoms with E-state index in [1.54, 1.807) is 6.21 Å². The predicted octanol–water partition coefficient (Wildman–Crippen LogP) is 6.58. The number of rotatable bonds is 10. The molecule has 1 aliphatic carbocycles. The fourth-order valence-corrected chi connectivity index (χ4v) is 5.47. The molecule has 1 aromatic heterocycles. The van der Waals surface area contributed by atoms with Crippen LogP contribution in [0.15, 0.2) is 89.1 Å². The molecule has 0 aliphatic heterocycles. The average molecular weight is 540 g/mol. The summed E-state index contributed by atoms with van der Waals surface area (Å²) in [5, 5.41) is 13.9. The highest BCUT2D eigenvalue weighted by Crippen LogP contribution is 2.35. The van der Waals surface area contributed by atoms with Gasteiger partial charge in [0.1, 0.15) is 12.4 Å². The highest BCUT2D eigenvalue weighted by molar-refractivity contribution is 7.99. The Morgan fingerprint density at radius 3 is 2.49 bits per heavy atom. The number of thioether (sulfide) groups is 1. The van der Waals surface area contributed by atoms with E-state index in [0.717, 1.165) is 46.3 Å². The number of amides is 1. The molecule has 0 radical (unpaired) electrons. The van der Waals surface area contributed by atoms with Crippen LogP contribution in [0.3, 0.4) is 0 Å². The number of hydrogen-bond donors (Lipinski definition) is 1. The Morgan fingerprint density at radius 2 is 1.74 bits per heavy atom. The third-order valence-electron chi connectivity index (χ3n) is 6.78. The van der Waals surface area contributed by atoms with Gasteiger partial charge in [0.25, 0.3) is 5.91 Å². The zero-order chi connectivity index (χ0) is 26.9. The zero-order valence-electron chi connectivity index (χ0n) is 22.1. The lowest BCUT2D eigenvalue weighted by Gasteiger charge is -2.25. The second-order valence-electron chi connectivity index (χ2n) is 9.76. The quantitative estimate of drug-likeness (QED) is 0.140. The molecule has 7 nitrogen and oxygen atoms in total. The molecule has 5 rings (SSSR count). The van der Waals surface area contributed by atoms with Gasteiger partial charge in [-0.1, -0.05) is 91.2 Å². The summed E-state index contributed by atoms with van der Waals surface area (Å²) in [6, 6.07) is 26.4. The largest absolute Gasteiger partial charge is 0.489 e. The van der Waals surface area contributed by atoms with Gasteiger partial charge >= 0.3 is 0 Å². The van der Waals surface area contributed by atoms with Gasteiger partial charge in [-0.25, -0.2) is 5.43 Å². The van der Waals surface area contributed by atoms with E-state index in [4.69, 9.17) is 4.74 Å². The summed E-state index contributed by atoms with van der Waals surface area (Å²) in [4.78, 5) is 12.6. The van der Waals surface area contributed by atoms with E-state index >= 15 is 0 Å². The van der Waals surface area contributed by atoms with Gasteiger partial charge in [-0.2, -0.15) is 5.10 Å². The maximum Gasteiger partial charge on any atom is 0.250 e. The van der Waals surface area contributed by atoms with E-state index in [1.807, 2.05) is 54.6 Å². The highest BCUT2D eigenvalue weighted by Gasteiger charge is 2.24. The lowest BCUT2D eigenvalue weighted by molar-refractivity contribution is -0.118. The summed E-state index contributed by atoms with van der Waals surface area (Å²) in [5.41, 5.74) is 6.88. The minimum Gasteiger partial charge on any atom is -0.489 e. The second-order valence-corrected chi connectivity index (χ2v) is 10.7. The van der Waals surface area contributed by atoms with Crippen molar-refractivity contribution < 1.29 is 9.53 Å². The molecule has 1 amide bonds. The maximum atomic E-state index is 12.6. The molecule has 1 N–H and O–H groups in total. The third-order valence-corrected chi connectivity index (χ3v) is 7.72. The van der Waals surface area contributed by atoms with Crippen LogP contribution >= 0.6 is 11.8 Å². The van der Waals surface area contributed by atoms with Gasteiger partial charge in [-0.3, -0.25) is 9.36 Å². The molecule has 8 heteroatoms. The van der Waals surface area contributed by atoms with Gasteiger partial charge in [-0.05, 0) is 55.2 Å². The molecule has 0 atom stereocenters. The van der Waals surface area contributed by atoms with Crippen LogP contribution in [0, 0.1) is 6.92 Å². The molecule has 39 heavy (non-hydrogen) atoms. The molecule has 1 fully saturated rings. The van der Waals surface area contributed by atoms with Gasteiger partial charge in [-0.15, -0.1) is 10.2 Å². The molecule has 0 bridgehead atoms. The molecule has 200 valence electrons. The Balaban J connectivity index is 1.16. The predicted molar refractivity (Wildman–Crippen MR) is 156 cm³/mol. The van der Waals surface area contributed by atoms with Crippen LogP contribution < -0.4 is 10.2 Å². The highest BCUT2D eigenvalue weighted by atomic mass is 32.2. The third kappa shape index (κ3) is 7.35. The van der Waals surface area contributed by atoms with Crippen molar-refractivity contribution in [1.82, 2.24) is 20.2 Å². The van der Waals surface area contributed by atoms with Crippen LogP contribution in [0.2, 0.25) is 0 Å². The maximum absolute atomic E-state index is 12.6. The van der Waals surface area contributed by atoms with Gasteiger partial charge in [0, 0.05) is 11.6 Å². The zero-order valence-corrected chi connectivity index (χ0v) is 22.9. The lowest BCUT2D eigenvalue weighted by Crippen LogP contribution is -2.20. The topological polar surface area (TPSA) is 81.4 Å². The van der Waals surface area contributed by atoms with Crippen LogP contribution in [0.1, 0.15) is 54.8 Å². The number of ether oxygens (including phenoxy) is 1. The molecular formula is C31H33N5O2S. The van der Waals surface area contributed by atoms with Crippen LogP contribution in [-0.2, 0) is 11.4 Å². The van der Waals surface area contributed by atoms with E-state index in [2.05, 4.69) is 56.5 Å². The van der Waals surface area contributed by atoms with E-state index in [-0.39, 0.29) is 11.7 Å². The number of aromatic nitrogens is 3. The van der Waals surface area contributed by atoms with Gasteiger partial charge in [0.2, 0.25) is 0 Å². The SMILES string of the molecule is Cc1ccc(-c2nnc(SCC(=O)N/N=C\c3ccc(OCc4ccccc4)cc3)n2C2CCCCC2)cc1. The van der Waals surface area contributed by atoms with Crippen molar-refractivity contribution in [3.63, 3.8) is 0 Å². The summed E-state index contributed by atoms with van der Waals surface area (Å²) >= 11 is 1.41. The van der Waals surface area contributed by atoms with Crippen molar-refractivity contribution >= 4 is 23.9 Å². The van der Waals surface area contributed by atoms with E-state index in [9.17, 15) is 4.79 Å². The molecule has 1 saturated carbocycles. The summed E-state index contributed by atoms with van der Waals surface area (Å²) in [6.07, 6.45) is 7.52. The number of nitrogens with zero attached hydrogens (tertiary/aromatic N) is 4. The van der Waals surface area contributed by atoms with Gasteiger partial charge < -0.3 is 4.74 Å². The number of benzene rings is 3. The number of carbonyl (C=O) groups is 1. The van der Waals surface area contributed by atoms with E-state index < -0.39 is 0 Å². The first-order valence-corrected chi connectivity index (χ1v) is 14.4. The Bertz CT molecular complexity index is 1380.